The Morgan fingerprint density at radius 1 is 1.42 bits per heavy atom. The molecular formula is C13H15ClN2O2S. The van der Waals surface area contributed by atoms with Crippen LogP contribution in [0.5, 0.6) is 0 Å². The lowest BCUT2D eigenvalue weighted by Gasteiger charge is -2.32. The fraction of sp³-hybridized carbons (Fsp3) is 0.462. The fourth-order valence-corrected chi connectivity index (χ4v) is 4.53. The molecule has 1 aliphatic heterocycles. The minimum atomic E-state index is -3.62. The number of benzene rings is 1. The van der Waals surface area contributed by atoms with Crippen molar-refractivity contribution < 1.29 is 8.42 Å². The number of rotatable bonds is 2. The summed E-state index contributed by atoms with van der Waals surface area (Å²) in [5.74, 6) is 0. The van der Waals surface area contributed by atoms with Crippen LogP contribution in [0.15, 0.2) is 23.1 Å². The number of halogens is 1. The van der Waals surface area contributed by atoms with Gasteiger partial charge in [-0.2, -0.15) is 9.57 Å². The van der Waals surface area contributed by atoms with Crippen molar-refractivity contribution in [3.63, 3.8) is 0 Å². The molecule has 0 amide bonds. The van der Waals surface area contributed by atoms with Crippen LogP contribution in [0, 0.1) is 11.3 Å². The minimum Gasteiger partial charge on any atom is -0.207 e. The molecule has 0 spiro atoms. The Morgan fingerprint density at radius 2 is 2.16 bits per heavy atom. The maximum absolute atomic E-state index is 12.6. The van der Waals surface area contributed by atoms with Crippen LogP contribution in [0.3, 0.4) is 0 Å². The first kappa shape index (κ1) is 14.3. The van der Waals surface area contributed by atoms with Crippen LogP contribution in [0.1, 0.15) is 31.7 Å². The zero-order chi connectivity index (χ0) is 14.0. The van der Waals surface area contributed by atoms with Gasteiger partial charge in [-0.3, -0.25) is 0 Å². The molecule has 1 aromatic rings. The van der Waals surface area contributed by atoms with E-state index in [2.05, 4.69) is 0 Å². The van der Waals surface area contributed by atoms with Crippen LogP contribution >= 0.6 is 11.6 Å². The molecule has 0 radical (unpaired) electrons. The number of sulfonamides is 1. The van der Waals surface area contributed by atoms with E-state index in [1.807, 2.05) is 13.0 Å². The first-order chi connectivity index (χ1) is 8.96. The Morgan fingerprint density at radius 3 is 2.79 bits per heavy atom. The third-order valence-corrected chi connectivity index (χ3v) is 5.88. The second kappa shape index (κ2) is 5.49. The molecule has 1 fully saturated rings. The van der Waals surface area contributed by atoms with E-state index in [0.717, 1.165) is 19.3 Å². The van der Waals surface area contributed by atoms with Crippen molar-refractivity contribution >= 4 is 21.6 Å². The van der Waals surface area contributed by atoms with E-state index < -0.39 is 10.0 Å². The van der Waals surface area contributed by atoms with Gasteiger partial charge in [0.25, 0.3) is 0 Å². The third kappa shape index (κ3) is 2.76. The quantitative estimate of drug-likeness (QED) is 0.843. The van der Waals surface area contributed by atoms with Gasteiger partial charge in [-0.25, -0.2) is 8.42 Å². The highest BCUT2D eigenvalue weighted by Gasteiger charge is 2.32. The van der Waals surface area contributed by atoms with Crippen molar-refractivity contribution in [2.24, 2.45) is 0 Å². The van der Waals surface area contributed by atoms with E-state index in [-0.39, 0.29) is 16.0 Å². The van der Waals surface area contributed by atoms with E-state index in [1.165, 1.54) is 22.5 Å². The number of nitriles is 1. The number of hydrogen-bond acceptors (Lipinski definition) is 3. The van der Waals surface area contributed by atoms with Gasteiger partial charge >= 0.3 is 0 Å². The number of piperidine rings is 1. The molecule has 2 rings (SSSR count). The molecule has 1 heterocycles. The average molecular weight is 299 g/mol. The molecule has 0 N–H and O–H groups in total. The van der Waals surface area contributed by atoms with E-state index in [4.69, 9.17) is 16.9 Å². The molecule has 6 heteroatoms. The van der Waals surface area contributed by atoms with Crippen LogP contribution < -0.4 is 0 Å². The molecule has 1 aliphatic rings. The monoisotopic (exact) mass is 298 g/mol. The van der Waals surface area contributed by atoms with Crippen LogP contribution in [0.4, 0.5) is 0 Å². The van der Waals surface area contributed by atoms with Gasteiger partial charge in [0.05, 0.1) is 16.7 Å². The molecule has 1 atom stereocenters. The van der Waals surface area contributed by atoms with Crippen molar-refractivity contribution in [1.29, 1.82) is 5.26 Å². The van der Waals surface area contributed by atoms with Crippen molar-refractivity contribution in [2.75, 3.05) is 6.54 Å². The van der Waals surface area contributed by atoms with Gasteiger partial charge in [-0.05, 0) is 38.0 Å². The summed E-state index contributed by atoms with van der Waals surface area (Å²) in [6.07, 6.45) is 2.76. The molecule has 0 saturated carbocycles. The summed E-state index contributed by atoms with van der Waals surface area (Å²) in [6, 6.07) is 6.23. The molecule has 1 saturated heterocycles. The van der Waals surface area contributed by atoms with Crippen LogP contribution in [0.2, 0.25) is 5.02 Å². The second-order valence-electron chi connectivity index (χ2n) is 4.72. The minimum absolute atomic E-state index is 0.0273. The smallest absolute Gasteiger partial charge is 0.207 e. The molecule has 0 aliphatic carbocycles. The fourth-order valence-electron chi connectivity index (χ4n) is 2.33. The summed E-state index contributed by atoms with van der Waals surface area (Å²) >= 11 is 5.99. The Hall–Kier alpha value is -1.09. The highest BCUT2D eigenvalue weighted by atomic mass is 35.5. The van der Waals surface area contributed by atoms with Gasteiger partial charge in [0.2, 0.25) is 10.0 Å². The van der Waals surface area contributed by atoms with Crippen LogP contribution in [0.25, 0.3) is 0 Å². The zero-order valence-electron chi connectivity index (χ0n) is 10.6. The van der Waals surface area contributed by atoms with Gasteiger partial charge in [0, 0.05) is 12.6 Å². The third-order valence-electron chi connectivity index (χ3n) is 3.39. The number of hydrogen-bond donors (Lipinski definition) is 0. The lowest BCUT2D eigenvalue weighted by atomic mass is 10.1. The van der Waals surface area contributed by atoms with Crippen molar-refractivity contribution in [1.82, 2.24) is 4.31 Å². The highest BCUT2D eigenvalue weighted by Crippen LogP contribution is 2.30. The lowest BCUT2D eigenvalue weighted by Crippen LogP contribution is -2.42. The molecule has 1 unspecified atom stereocenters. The van der Waals surface area contributed by atoms with Crippen molar-refractivity contribution in [2.45, 2.75) is 37.1 Å². The standard InChI is InChI=1S/C13H15ClN2O2S/c1-10-4-2-3-7-16(10)19(17,18)13-8-11(9-15)5-6-12(13)14/h5-6,8,10H,2-4,7H2,1H3. The second-order valence-corrected chi connectivity index (χ2v) is 6.98. The van der Waals surface area contributed by atoms with Gasteiger partial charge in [-0.15, -0.1) is 0 Å². The molecular weight excluding hydrogens is 284 g/mol. The Labute approximate surface area is 118 Å². The molecule has 0 bridgehead atoms. The Bertz CT molecular complexity index is 622. The van der Waals surface area contributed by atoms with Gasteiger partial charge < -0.3 is 0 Å². The largest absolute Gasteiger partial charge is 0.244 e. The molecule has 19 heavy (non-hydrogen) atoms. The normalized spacial score (nSPS) is 21.0. The average Bonchev–Trinajstić information content (AvgIpc) is 2.39. The maximum Gasteiger partial charge on any atom is 0.244 e. The van der Waals surface area contributed by atoms with Gasteiger partial charge in [-0.1, -0.05) is 18.0 Å². The van der Waals surface area contributed by atoms with E-state index in [9.17, 15) is 8.42 Å². The predicted molar refractivity (Wildman–Crippen MR) is 73.4 cm³/mol. The maximum atomic E-state index is 12.6. The summed E-state index contributed by atoms with van der Waals surface area (Å²) in [5, 5.41) is 9.04. The summed E-state index contributed by atoms with van der Waals surface area (Å²) in [5.41, 5.74) is 0.299. The molecule has 4 nitrogen and oxygen atoms in total. The summed E-state index contributed by atoms with van der Waals surface area (Å²) in [4.78, 5) is 0.0296. The van der Waals surface area contributed by atoms with E-state index >= 15 is 0 Å². The molecule has 102 valence electrons. The zero-order valence-corrected chi connectivity index (χ0v) is 12.2. The lowest BCUT2D eigenvalue weighted by molar-refractivity contribution is 0.268. The van der Waals surface area contributed by atoms with Gasteiger partial charge in [0.1, 0.15) is 4.90 Å². The summed E-state index contributed by atoms with van der Waals surface area (Å²) in [6.45, 7) is 2.41. The Balaban J connectivity index is 2.47. The summed E-state index contributed by atoms with van der Waals surface area (Å²) in [7, 11) is -3.62. The summed E-state index contributed by atoms with van der Waals surface area (Å²) < 4.78 is 26.7. The topological polar surface area (TPSA) is 61.2 Å². The Kier molecular flexibility index (Phi) is 4.14. The van der Waals surface area contributed by atoms with Crippen molar-refractivity contribution in [3.8, 4) is 6.07 Å². The first-order valence-electron chi connectivity index (χ1n) is 6.18. The first-order valence-corrected chi connectivity index (χ1v) is 8.00. The van der Waals surface area contributed by atoms with Crippen molar-refractivity contribution in [3.05, 3.63) is 28.8 Å². The highest BCUT2D eigenvalue weighted by molar-refractivity contribution is 7.89. The SMILES string of the molecule is CC1CCCCN1S(=O)(=O)c1cc(C#N)ccc1Cl. The number of nitrogens with zero attached hydrogens (tertiary/aromatic N) is 2. The molecule has 0 aromatic heterocycles. The van der Waals surface area contributed by atoms with Crippen LogP contribution in [-0.4, -0.2) is 25.3 Å². The molecule has 1 aromatic carbocycles. The van der Waals surface area contributed by atoms with E-state index in [0.29, 0.717) is 12.1 Å². The predicted octanol–water partition coefficient (Wildman–Crippen LogP) is 2.77. The van der Waals surface area contributed by atoms with Crippen LogP contribution in [-0.2, 0) is 10.0 Å². The van der Waals surface area contributed by atoms with Gasteiger partial charge in [0.15, 0.2) is 0 Å². The van der Waals surface area contributed by atoms with E-state index in [1.54, 1.807) is 0 Å².